The van der Waals surface area contributed by atoms with E-state index in [2.05, 4.69) is 10.4 Å². The van der Waals surface area contributed by atoms with Gasteiger partial charge in [-0.3, -0.25) is 9.48 Å². The largest absolute Gasteiger partial charge is 0.497 e. The summed E-state index contributed by atoms with van der Waals surface area (Å²) in [7, 11) is 1.65. The van der Waals surface area contributed by atoms with E-state index in [0.717, 1.165) is 22.2 Å². The molecule has 1 heterocycles. The first-order valence-corrected chi connectivity index (χ1v) is 7.96. The minimum Gasteiger partial charge on any atom is -0.497 e. The molecular formula is C19H21N3O2. The summed E-state index contributed by atoms with van der Waals surface area (Å²) < 4.78 is 7.17. The third-order valence-electron chi connectivity index (χ3n) is 3.79. The van der Waals surface area contributed by atoms with Crippen molar-refractivity contribution in [3.63, 3.8) is 0 Å². The normalized spacial score (nSPS) is 11.0. The molecule has 0 aliphatic carbocycles. The molecule has 5 nitrogen and oxygen atoms in total. The van der Waals surface area contributed by atoms with Crippen LogP contribution in [0.15, 0.2) is 48.7 Å². The zero-order valence-electron chi connectivity index (χ0n) is 14.1. The quantitative estimate of drug-likeness (QED) is 0.784. The first-order valence-electron chi connectivity index (χ1n) is 7.96. The van der Waals surface area contributed by atoms with E-state index in [4.69, 9.17) is 4.74 Å². The van der Waals surface area contributed by atoms with Gasteiger partial charge in [0, 0.05) is 17.0 Å². The lowest BCUT2D eigenvalue weighted by Gasteiger charge is -2.09. The number of aromatic nitrogens is 2. The van der Waals surface area contributed by atoms with Gasteiger partial charge >= 0.3 is 0 Å². The average molecular weight is 323 g/mol. The summed E-state index contributed by atoms with van der Waals surface area (Å²) in [4.78, 5) is 12.2. The molecule has 0 spiro atoms. The van der Waals surface area contributed by atoms with E-state index < -0.39 is 0 Å². The molecule has 0 radical (unpaired) electrons. The molecule has 0 atom stereocenters. The van der Waals surface area contributed by atoms with Gasteiger partial charge in [-0.1, -0.05) is 18.2 Å². The fourth-order valence-corrected chi connectivity index (χ4v) is 2.63. The molecule has 1 amide bonds. The second-order valence-electron chi connectivity index (χ2n) is 6.06. The third-order valence-corrected chi connectivity index (χ3v) is 3.79. The van der Waals surface area contributed by atoms with Gasteiger partial charge in [0.25, 0.3) is 5.91 Å². The van der Waals surface area contributed by atoms with Crippen molar-refractivity contribution in [2.75, 3.05) is 7.11 Å². The molecule has 2 aromatic carbocycles. The Kier molecular flexibility index (Phi) is 4.51. The van der Waals surface area contributed by atoms with Crippen LogP contribution in [0.4, 0.5) is 0 Å². The predicted octanol–water partition coefficient (Wildman–Crippen LogP) is 3.23. The van der Waals surface area contributed by atoms with Crippen molar-refractivity contribution in [3.8, 4) is 5.75 Å². The minimum absolute atomic E-state index is 0.0685. The van der Waals surface area contributed by atoms with Crippen molar-refractivity contribution in [2.24, 2.45) is 0 Å². The molecule has 0 unspecified atom stereocenters. The Hall–Kier alpha value is -2.82. The van der Waals surface area contributed by atoms with E-state index in [1.807, 2.05) is 67.2 Å². The Morgan fingerprint density at radius 1 is 1.25 bits per heavy atom. The van der Waals surface area contributed by atoms with Crippen molar-refractivity contribution in [3.05, 3.63) is 59.8 Å². The van der Waals surface area contributed by atoms with Gasteiger partial charge < -0.3 is 10.1 Å². The van der Waals surface area contributed by atoms with Crippen LogP contribution in [0, 0.1) is 0 Å². The van der Waals surface area contributed by atoms with Crippen molar-refractivity contribution in [2.45, 2.75) is 26.4 Å². The summed E-state index contributed by atoms with van der Waals surface area (Å²) in [5, 5.41) is 8.38. The maximum absolute atomic E-state index is 12.2. The highest BCUT2D eigenvalue weighted by molar-refractivity contribution is 5.97. The van der Waals surface area contributed by atoms with Crippen LogP contribution in [0.3, 0.4) is 0 Å². The van der Waals surface area contributed by atoms with Gasteiger partial charge in [-0.15, -0.1) is 0 Å². The Morgan fingerprint density at radius 3 is 2.83 bits per heavy atom. The standard InChI is InChI=1S/C19H21N3O2/c1-13(2)21-19(23)15-7-8-16-11-20-22(18(16)10-15)12-14-5-4-6-17(9-14)24-3/h4-11,13H,12H2,1-3H3,(H,21,23). The van der Waals surface area contributed by atoms with Crippen molar-refractivity contribution >= 4 is 16.8 Å². The molecule has 1 aromatic heterocycles. The van der Waals surface area contributed by atoms with Crippen LogP contribution in [0.1, 0.15) is 29.8 Å². The lowest BCUT2D eigenvalue weighted by Crippen LogP contribution is -2.30. The summed E-state index contributed by atoms with van der Waals surface area (Å²) in [6, 6.07) is 13.7. The number of benzene rings is 2. The summed E-state index contributed by atoms with van der Waals surface area (Å²) in [6.45, 7) is 4.52. The molecule has 1 N–H and O–H groups in total. The Morgan fingerprint density at radius 2 is 2.08 bits per heavy atom. The highest BCUT2D eigenvalue weighted by Crippen LogP contribution is 2.19. The Bertz CT molecular complexity index is 868. The molecule has 3 aromatic rings. The molecule has 24 heavy (non-hydrogen) atoms. The molecule has 0 aliphatic rings. The number of carbonyl (C=O) groups excluding carboxylic acids is 1. The van der Waals surface area contributed by atoms with Crippen LogP contribution >= 0.6 is 0 Å². The maximum atomic E-state index is 12.2. The molecule has 124 valence electrons. The second kappa shape index (κ2) is 6.74. The molecular weight excluding hydrogens is 302 g/mol. The van der Waals surface area contributed by atoms with Gasteiger partial charge in [-0.25, -0.2) is 0 Å². The lowest BCUT2D eigenvalue weighted by atomic mass is 10.1. The summed E-state index contributed by atoms with van der Waals surface area (Å²) in [5.74, 6) is 0.752. The Labute approximate surface area is 141 Å². The molecule has 0 saturated heterocycles. The van der Waals surface area contributed by atoms with Crippen LogP contribution < -0.4 is 10.1 Å². The topological polar surface area (TPSA) is 56.2 Å². The van der Waals surface area contributed by atoms with Crippen molar-refractivity contribution in [1.82, 2.24) is 15.1 Å². The average Bonchev–Trinajstić information content (AvgIpc) is 2.96. The molecule has 0 saturated carbocycles. The number of hydrogen-bond donors (Lipinski definition) is 1. The smallest absolute Gasteiger partial charge is 0.251 e. The van der Waals surface area contributed by atoms with Crippen LogP contribution in [0.25, 0.3) is 10.9 Å². The first-order chi connectivity index (χ1) is 11.6. The van der Waals surface area contributed by atoms with E-state index in [0.29, 0.717) is 12.1 Å². The molecule has 0 aliphatic heterocycles. The minimum atomic E-state index is -0.0685. The predicted molar refractivity (Wildman–Crippen MR) is 94.4 cm³/mol. The van der Waals surface area contributed by atoms with Crippen LogP contribution in [0.2, 0.25) is 0 Å². The fourth-order valence-electron chi connectivity index (χ4n) is 2.63. The summed E-state index contributed by atoms with van der Waals surface area (Å²) >= 11 is 0. The van der Waals surface area contributed by atoms with Gasteiger partial charge in [0.05, 0.1) is 25.4 Å². The molecule has 0 bridgehead atoms. The van der Waals surface area contributed by atoms with Crippen LogP contribution in [-0.4, -0.2) is 28.8 Å². The van der Waals surface area contributed by atoms with Gasteiger partial charge in [0.2, 0.25) is 0 Å². The van der Waals surface area contributed by atoms with Crippen molar-refractivity contribution in [1.29, 1.82) is 0 Å². The van der Waals surface area contributed by atoms with Crippen LogP contribution in [0.5, 0.6) is 5.75 Å². The zero-order chi connectivity index (χ0) is 17.1. The summed E-state index contributed by atoms with van der Waals surface area (Å²) in [5.41, 5.74) is 2.68. The molecule has 0 fully saturated rings. The zero-order valence-corrected chi connectivity index (χ0v) is 14.1. The molecule has 5 heteroatoms. The number of methoxy groups -OCH3 is 1. The van der Waals surface area contributed by atoms with E-state index in [-0.39, 0.29) is 11.9 Å². The number of fused-ring (bicyclic) bond motifs is 1. The monoisotopic (exact) mass is 323 g/mol. The van der Waals surface area contributed by atoms with Gasteiger partial charge in [0.1, 0.15) is 5.75 Å². The number of amides is 1. The number of carbonyl (C=O) groups is 1. The number of nitrogens with zero attached hydrogens (tertiary/aromatic N) is 2. The fraction of sp³-hybridized carbons (Fsp3) is 0.263. The maximum Gasteiger partial charge on any atom is 0.251 e. The van der Waals surface area contributed by atoms with E-state index in [9.17, 15) is 4.79 Å². The van der Waals surface area contributed by atoms with E-state index in [1.54, 1.807) is 7.11 Å². The van der Waals surface area contributed by atoms with Gasteiger partial charge in [-0.05, 0) is 43.7 Å². The summed E-state index contributed by atoms with van der Waals surface area (Å²) in [6.07, 6.45) is 1.82. The van der Waals surface area contributed by atoms with E-state index >= 15 is 0 Å². The highest BCUT2D eigenvalue weighted by atomic mass is 16.5. The Balaban J connectivity index is 1.92. The molecule has 3 rings (SSSR count). The van der Waals surface area contributed by atoms with E-state index in [1.165, 1.54) is 0 Å². The number of hydrogen-bond acceptors (Lipinski definition) is 3. The number of ether oxygens (including phenoxy) is 1. The second-order valence-corrected chi connectivity index (χ2v) is 6.06. The first kappa shape index (κ1) is 16.1. The van der Waals surface area contributed by atoms with Crippen molar-refractivity contribution < 1.29 is 9.53 Å². The van der Waals surface area contributed by atoms with Gasteiger partial charge in [-0.2, -0.15) is 5.10 Å². The third kappa shape index (κ3) is 3.40. The van der Waals surface area contributed by atoms with Gasteiger partial charge in [0.15, 0.2) is 0 Å². The number of nitrogens with one attached hydrogen (secondary N) is 1. The highest BCUT2D eigenvalue weighted by Gasteiger charge is 2.10. The van der Waals surface area contributed by atoms with Crippen LogP contribution in [-0.2, 0) is 6.54 Å². The lowest BCUT2D eigenvalue weighted by molar-refractivity contribution is 0.0943. The SMILES string of the molecule is COc1cccc(Cn2ncc3ccc(C(=O)NC(C)C)cc32)c1. The number of rotatable bonds is 5.